The minimum absolute atomic E-state index is 0.0264. The van der Waals surface area contributed by atoms with Crippen LogP contribution in [0.1, 0.15) is 76.3 Å². The molecule has 0 amide bonds. The number of unbranched alkanes of at least 4 members (excludes halogenated alkanes) is 2. The molecule has 3 nitrogen and oxygen atoms in total. The van der Waals surface area contributed by atoms with Crippen molar-refractivity contribution >= 4 is 5.97 Å². The third kappa shape index (κ3) is 5.57. The molecule has 3 fully saturated rings. The second kappa shape index (κ2) is 11.5. The lowest BCUT2D eigenvalue weighted by molar-refractivity contribution is -0.931. The number of benzene rings is 2. The predicted molar refractivity (Wildman–Crippen MR) is 140 cm³/mol. The monoisotopic (exact) mass is 462 g/mol. The first-order valence-electron chi connectivity index (χ1n) is 13.8. The van der Waals surface area contributed by atoms with Crippen LogP contribution in [0.2, 0.25) is 0 Å². The zero-order chi connectivity index (χ0) is 23.9. The van der Waals surface area contributed by atoms with E-state index in [1.165, 1.54) is 42.5 Å². The maximum atomic E-state index is 13.9. The van der Waals surface area contributed by atoms with Gasteiger partial charge < -0.3 is 9.22 Å². The molecule has 2 unspecified atom stereocenters. The van der Waals surface area contributed by atoms with Gasteiger partial charge in [0.1, 0.15) is 6.10 Å². The fraction of sp³-hybridized carbons (Fsp3) is 0.581. The lowest BCUT2D eigenvalue weighted by Gasteiger charge is -2.41. The summed E-state index contributed by atoms with van der Waals surface area (Å²) in [6.07, 6.45) is 9.68. The SMILES string of the molecule is CCCCCC(CC)(C(=O)OC1CC[N+]2(CCc3ccccc3)CCC1CC2)c1ccccc1. The minimum Gasteiger partial charge on any atom is -0.461 e. The highest BCUT2D eigenvalue weighted by Crippen LogP contribution is 2.39. The van der Waals surface area contributed by atoms with Gasteiger partial charge in [0, 0.05) is 31.6 Å². The van der Waals surface area contributed by atoms with Crippen LogP contribution < -0.4 is 0 Å². The third-order valence-electron chi connectivity index (χ3n) is 8.87. The number of esters is 1. The van der Waals surface area contributed by atoms with E-state index in [-0.39, 0.29) is 12.1 Å². The van der Waals surface area contributed by atoms with Crippen molar-refractivity contribution in [2.45, 2.75) is 83.2 Å². The summed E-state index contributed by atoms with van der Waals surface area (Å²) in [5.41, 5.74) is 2.05. The molecule has 3 aliphatic heterocycles. The van der Waals surface area contributed by atoms with E-state index >= 15 is 0 Å². The molecule has 184 valence electrons. The lowest BCUT2D eigenvalue weighted by atomic mass is 9.74. The molecular formula is C31H44NO2+. The van der Waals surface area contributed by atoms with Gasteiger partial charge in [-0.25, -0.2) is 0 Å². The van der Waals surface area contributed by atoms with Crippen molar-refractivity contribution < 1.29 is 14.0 Å². The molecule has 3 heteroatoms. The van der Waals surface area contributed by atoms with E-state index in [4.69, 9.17) is 4.74 Å². The van der Waals surface area contributed by atoms with Crippen molar-refractivity contribution in [2.24, 2.45) is 5.92 Å². The van der Waals surface area contributed by atoms with Crippen LogP contribution in [0, 0.1) is 5.92 Å². The summed E-state index contributed by atoms with van der Waals surface area (Å²) in [6.45, 7) is 9.20. The summed E-state index contributed by atoms with van der Waals surface area (Å²) in [6, 6.07) is 21.3. The largest absolute Gasteiger partial charge is 0.461 e. The van der Waals surface area contributed by atoms with E-state index in [2.05, 4.69) is 68.4 Å². The van der Waals surface area contributed by atoms with Crippen LogP contribution in [0.4, 0.5) is 0 Å². The number of ether oxygens (including phenoxy) is 1. The Labute approximate surface area is 207 Å². The number of carbonyl (C=O) groups excluding carboxylic acids is 1. The van der Waals surface area contributed by atoms with Crippen molar-refractivity contribution in [3.63, 3.8) is 0 Å². The Hall–Kier alpha value is -2.13. The number of rotatable bonds is 11. The smallest absolute Gasteiger partial charge is 0.316 e. The van der Waals surface area contributed by atoms with Gasteiger partial charge >= 0.3 is 5.97 Å². The normalized spacial score (nSPS) is 25.9. The van der Waals surface area contributed by atoms with Gasteiger partial charge in [0.05, 0.1) is 31.6 Å². The summed E-state index contributed by atoms with van der Waals surface area (Å²) >= 11 is 0. The number of hydrogen-bond acceptors (Lipinski definition) is 2. The van der Waals surface area contributed by atoms with Crippen LogP contribution >= 0.6 is 0 Å². The number of carbonyl (C=O) groups is 1. The molecule has 3 saturated heterocycles. The van der Waals surface area contributed by atoms with Gasteiger partial charge in [-0.15, -0.1) is 0 Å². The average molecular weight is 463 g/mol. The fourth-order valence-corrected chi connectivity index (χ4v) is 6.44. The fourth-order valence-electron chi connectivity index (χ4n) is 6.44. The quantitative estimate of drug-likeness (QED) is 0.211. The lowest BCUT2D eigenvalue weighted by Crippen LogP contribution is -2.52. The molecule has 3 heterocycles. The van der Waals surface area contributed by atoms with Gasteiger partial charge in [-0.05, 0) is 24.0 Å². The van der Waals surface area contributed by atoms with E-state index in [1.807, 2.05) is 6.07 Å². The molecule has 34 heavy (non-hydrogen) atoms. The van der Waals surface area contributed by atoms with Crippen LogP contribution in [-0.2, 0) is 21.4 Å². The molecule has 2 aromatic carbocycles. The van der Waals surface area contributed by atoms with Gasteiger partial charge in [-0.1, -0.05) is 93.8 Å². The molecule has 0 aromatic heterocycles. The first kappa shape index (κ1) is 25.0. The summed E-state index contributed by atoms with van der Waals surface area (Å²) < 4.78 is 7.70. The molecule has 3 aliphatic rings. The maximum Gasteiger partial charge on any atom is 0.316 e. The van der Waals surface area contributed by atoms with E-state index in [0.29, 0.717) is 5.92 Å². The molecule has 0 saturated carbocycles. The molecule has 0 N–H and O–H groups in total. The number of fused-ring (bicyclic) bond motifs is 4. The zero-order valence-electron chi connectivity index (χ0n) is 21.4. The number of piperidine rings is 1. The summed E-state index contributed by atoms with van der Waals surface area (Å²) in [5.74, 6) is 0.550. The van der Waals surface area contributed by atoms with Crippen LogP contribution in [-0.4, -0.2) is 42.7 Å². The van der Waals surface area contributed by atoms with Gasteiger partial charge in [0.15, 0.2) is 0 Å². The first-order chi connectivity index (χ1) is 16.6. The van der Waals surface area contributed by atoms with E-state index in [1.54, 1.807) is 0 Å². The highest BCUT2D eigenvalue weighted by Gasteiger charge is 2.46. The first-order valence-corrected chi connectivity index (χ1v) is 13.8. The third-order valence-corrected chi connectivity index (χ3v) is 8.87. The second-order valence-corrected chi connectivity index (χ2v) is 10.8. The Balaban J connectivity index is 1.45. The Morgan fingerprint density at radius 1 is 0.912 bits per heavy atom. The molecular weight excluding hydrogens is 418 g/mol. The predicted octanol–water partition coefficient (Wildman–Crippen LogP) is 6.70. The van der Waals surface area contributed by atoms with E-state index in [9.17, 15) is 4.79 Å². The minimum atomic E-state index is -0.513. The van der Waals surface area contributed by atoms with Gasteiger partial charge in [-0.3, -0.25) is 4.79 Å². The molecule has 0 radical (unpaired) electrons. The van der Waals surface area contributed by atoms with Crippen molar-refractivity contribution in [3.8, 4) is 0 Å². The van der Waals surface area contributed by atoms with Crippen LogP contribution in [0.25, 0.3) is 0 Å². The molecule has 5 rings (SSSR count). The molecule has 0 aliphatic carbocycles. The van der Waals surface area contributed by atoms with Gasteiger partial charge in [0.2, 0.25) is 0 Å². The Kier molecular flexibility index (Phi) is 8.47. The van der Waals surface area contributed by atoms with Crippen LogP contribution in [0.15, 0.2) is 60.7 Å². The van der Waals surface area contributed by atoms with Crippen molar-refractivity contribution in [2.75, 3.05) is 26.2 Å². The maximum absolute atomic E-state index is 13.9. The van der Waals surface area contributed by atoms with Crippen molar-refractivity contribution in [1.82, 2.24) is 0 Å². The Morgan fingerprint density at radius 3 is 2.21 bits per heavy atom. The average Bonchev–Trinajstić information content (AvgIpc) is 3.17. The standard InChI is InChI=1S/C31H44NO2/c1-3-5-12-21-31(4-2,28-15-10-7-11-16-28)30(33)34-29-20-25-32(23-18-27(29)19-24-32)22-17-26-13-8-6-9-14-26/h6-11,13-16,27,29H,3-5,12,17-25H2,1-2H3/q+1. The number of nitrogens with zero attached hydrogens (tertiary/aromatic N) is 1. The molecule has 2 bridgehead atoms. The topological polar surface area (TPSA) is 26.3 Å². The highest BCUT2D eigenvalue weighted by molar-refractivity contribution is 5.83. The van der Waals surface area contributed by atoms with Crippen LogP contribution in [0.3, 0.4) is 0 Å². The summed E-state index contributed by atoms with van der Waals surface area (Å²) in [5, 5.41) is 0. The Morgan fingerprint density at radius 2 is 1.56 bits per heavy atom. The number of hydrogen-bond donors (Lipinski definition) is 0. The van der Waals surface area contributed by atoms with E-state index < -0.39 is 5.41 Å². The van der Waals surface area contributed by atoms with E-state index in [0.717, 1.165) is 57.1 Å². The number of quaternary nitrogens is 1. The molecule has 2 aromatic rings. The Bertz CT molecular complexity index is 888. The van der Waals surface area contributed by atoms with Gasteiger partial charge in [0.25, 0.3) is 0 Å². The van der Waals surface area contributed by atoms with Gasteiger partial charge in [-0.2, -0.15) is 0 Å². The van der Waals surface area contributed by atoms with Crippen LogP contribution in [0.5, 0.6) is 0 Å². The molecule has 0 spiro atoms. The summed E-state index contributed by atoms with van der Waals surface area (Å²) in [4.78, 5) is 13.9. The summed E-state index contributed by atoms with van der Waals surface area (Å²) in [7, 11) is 0. The zero-order valence-corrected chi connectivity index (χ0v) is 21.4. The molecule has 2 atom stereocenters. The van der Waals surface area contributed by atoms with Crippen molar-refractivity contribution in [3.05, 3.63) is 71.8 Å². The van der Waals surface area contributed by atoms with Crippen molar-refractivity contribution in [1.29, 1.82) is 0 Å². The highest BCUT2D eigenvalue weighted by atomic mass is 16.5. The second-order valence-electron chi connectivity index (χ2n) is 10.8.